The highest BCUT2D eigenvalue weighted by Gasteiger charge is 2.17. The molecular weight excluding hydrogens is 220 g/mol. The first-order valence-electron chi connectivity index (χ1n) is 5.33. The lowest BCUT2D eigenvalue weighted by Gasteiger charge is -2.22. The average molecular weight is 238 g/mol. The van der Waals surface area contributed by atoms with Crippen LogP contribution in [0.1, 0.15) is 31.1 Å². The minimum atomic E-state index is -0.398. The van der Waals surface area contributed by atoms with Crippen molar-refractivity contribution in [2.45, 2.75) is 26.4 Å². The fourth-order valence-electron chi connectivity index (χ4n) is 1.33. The molecule has 0 fully saturated rings. The Morgan fingerprint density at radius 2 is 1.76 bits per heavy atom. The van der Waals surface area contributed by atoms with Crippen molar-refractivity contribution in [2.24, 2.45) is 0 Å². The van der Waals surface area contributed by atoms with Crippen LogP contribution in [-0.4, -0.2) is 25.8 Å². The molecule has 0 spiro atoms. The summed E-state index contributed by atoms with van der Waals surface area (Å²) in [6, 6.07) is 4.96. The molecule has 0 atom stereocenters. The number of carbonyl (C=O) groups excluding carboxylic acids is 1. The molecule has 0 bridgehead atoms. The third kappa shape index (κ3) is 3.66. The second kappa shape index (κ2) is 5.08. The number of ether oxygens (including phenoxy) is 3. The largest absolute Gasteiger partial charge is 0.493 e. The first-order valence-corrected chi connectivity index (χ1v) is 5.33. The molecule has 0 aliphatic heterocycles. The van der Waals surface area contributed by atoms with Crippen molar-refractivity contribution in [3.63, 3.8) is 0 Å². The predicted molar refractivity (Wildman–Crippen MR) is 64.7 cm³/mol. The topological polar surface area (TPSA) is 44.8 Å². The van der Waals surface area contributed by atoms with Crippen molar-refractivity contribution >= 4 is 5.97 Å². The summed E-state index contributed by atoms with van der Waals surface area (Å²) in [7, 11) is 2.88. The van der Waals surface area contributed by atoms with Crippen molar-refractivity contribution in [1.29, 1.82) is 0 Å². The van der Waals surface area contributed by atoms with Crippen molar-refractivity contribution in [3.05, 3.63) is 23.8 Å². The van der Waals surface area contributed by atoms with Gasteiger partial charge in [0, 0.05) is 0 Å². The monoisotopic (exact) mass is 238 g/mol. The molecule has 0 aliphatic rings. The summed E-state index contributed by atoms with van der Waals surface area (Å²) in [5.41, 5.74) is 0.116. The molecule has 0 saturated heterocycles. The smallest absolute Gasteiger partial charge is 0.337 e. The number of rotatable bonds is 3. The number of methoxy groups -OCH3 is 2. The van der Waals surface area contributed by atoms with Crippen LogP contribution in [0, 0.1) is 0 Å². The maximum Gasteiger partial charge on any atom is 0.337 e. The molecule has 1 aromatic rings. The molecule has 94 valence electrons. The third-order valence-corrected chi connectivity index (χ3v) is 2.00. The van der Waals surface area contributed by atoms with Gasteiger partial charge in [-0.3, -0.25) is 0 Å². The van der Waals surface area contributed by atoms with Crippen molar-refractivity contribution < 1.29 is 19.0 Å². The lowest BCUT2D eigenvalue weighted by atomic mass is 10.1. The SMILES string of the molecule is COC(=O)c1ccc(OC(C)(C)C)c(OC)c1. The van der Waals surface area contributed by atoms with Crippen molar-refractivity contribution in [1.82, 2.24) is 0 Å². The van der Waals surface area contributed by atoms with E-state index >= 15 is 0 Å². The summed E-state index contributed by atoms with van der Waals surface area (Å²) >= 11 is 0. The van der Waals surface area contributed by atoms with Gasteiger partial charge in [0.15, 0.2) is 11.5 Å². The van der Waals surface area contributed by atoms with Gasteiger partial charge in [0.2, 0.25) is 0 Å². The number of carbonyl (C=O) groups is 1. The van der Waals surface area contributed by atoms with Gasteiger partial charge in [-0.1, -0.05) is 0 Å². The van der Waals surface area contributed by atoms with Gasteiger partial charge in [-0.2, -0.15) is 0 Å². The van der Waals surface area contributed by atoms with E-state index in [2.05, 4.69) is 4.74 Å². The summed E-state index contributed by atoms with van der Waals surface area (Å²) in [6.45, 7) is 5.84. The van der Waals surface area contributed by atoms with Crippen LogP contribution in [0.5, 0.6) is 11.5 Å². The molecule has 0 N–H and O–H groups in total. The van der Waals surface area contributed by atoms with E-state index in [0.29, 0.717) is 17.1 Å². The Kier molecular flexibility index (Phi) is 3.99. The molecule has 4 heteroatoms. The van der Waals surface area contributed by atoms with Crippen LogP contribution in [0.2, 0.25) is 0 Å². The Bertz CT molecular complexity index is 404. The normalized spacial score (nSPS) is 10.9. The van der Waals surface area contributed by atoms with E-state index in [9.17, 15) is 4.79 Å². The molecular formula is C13H18O4. The highest BCUT2D eigenvalue weighted by Crippen LogP contribution is 2.31. The van der Waals surface area contributed by atoms with Crippen LogP contribution in [0.15, 0.2) is 18.2 Å². The first kappa shape index (κ1) is 13.4. The third-order valence-electron chi connectivity index (χ3n) is 2.00. The van der Waals surface area contributed by atoms with Gasteiger partial charge in [-0.15, -0.1) is 0 Å². The Hall–Kier alpha value is -1.71. The minimum Gasteiger partial charge on any atom is -0.493 e. The Balaban J connectivity index is 3.05. The van der Waals surface area contributed by atoms with Gasteiger partial charge in [-0.05, 0) is 39.0 Å². The standard InChI is InChI=1S/C13H18O4/c1-13(2,3)17-10-7-6-9(12(14)16-5)8-11(10)15-4/h6-8H,1-5H3. The predicted octanol–water partition coefficient (Wildman–Crippen LogP) is 2.66. The van der Waals surface area contributed by atoms with Gasteiger partial charge < -0.3 is 14.2 Å². The quantitative estimate of drug-likeness (QED) is 0.759. The van der Waals surface area contributed by atoms with Gasteiger partial charge in [0.1, 0.15) is 5.60 Å². The van der Waals surface area contributed by atoms with Gasteiger partial charge in [-0.25, -0.2) is 4.79 Å². The zero-order chi connectivity index (χ0) is 13.1. The molecule has 0 amide bonds. The molecule has 1 rings (SSSR count). The molecule has 0 unspecified atom stereocenters. The van der Waals surface area contributed by atoms with E-state index in [0.717, 1.165) is 0 Å². The summed E-state index contributed by atoms with van der Waals surface area (Å²) in [5.74, 6) is 0.723. The number of hydrogen-bond donors (Lipinski definition) is 0. The van der Waals surface area contributed by atoms with E-state index in [-0.39, 0.29) is 5.60 Å². The molecule has 0 radical (unpaired) electrons. The van der Waals surface area contributed by atoms with E-state index < -0.39 is 5.97 Å². The number of benzene rings is 1. The molecule has 1 aromatic carbocycles. The summed E-state index contributed by atoms with van der Waals surface area (Å²) in [5, 5.41) is 0. The average Bonchev–Trinajstić information content (AvgIpc) is 2.26. The Morgan fingerprint density at radius 3 is 2.24 bits per heavy atom. The second-order valence-electron chi connectivity index (χ2n) is 4.57. The maximum absolute atomic E-state index is 11.4. The minimum absolute atomic E-state index is 0.319. The van der Waals surface area contributed by atoms with Crippen LogP contribution in [-0.2, 0) is 4.74 Å². The zero-order valence-corrected chi connectivity index (χ0v) is 10.9. The van der Waals surface area contributed by atoms with Crippen molar-refractivity contribution in [2.75, 3.05) is 14.2 Å². The summed E-state index contributed by atoms with van der Waals surface area (Å²) < 4.78 is 15.5. The van der Waals surface area contributed by atoms with Crippen LogP contribution >= 0.6 is 0 Å². The van der Waals surface area contributed by atoms with E-state index in [1.807, 2.05) is 20.8 Å². The van der Waals surface area contributed by atoms with Crippen LogP contribution in [0.3, 0.4) is 0 Å². The number of esters is 1. The molecule has 0 aromatic heterocycles. The van der Waals surface area contributed by atoms with Gasteiger partial charge >= 0.3 is 5.97 Å². The van der Waals surface area contributed by atoms with Gasteiger partial charge in [0.25, 0.3) is 0 Å². The Morgan fingerprint density at radius 1 is 1.12 bits per heavy atom. The number of hydrogen-bond acceptors (Lipinski definition) is 4. The molecule has 4 nitrogen and oxygen atoms in total. The van der Waals surface area contributed by atoms with Crippen LogP contribution in [0.4, 0.5) is 0 Å². The van der Waals surface area contributed by atoms with Gasteiger partial charge in [0.05, 0.1) is 19.8 Å². The molecule has 0 saturated carbocycles. The van der Waals surface area contributed by atoms with E-state index in [4.69, 9.17) is 9.47 Å². The fourth-order valence-corrected chi connectivity index (χ4v) is 1.33. The first-order chi connectivity index (χ1) is 7.87. The highest BCUT2D eigenvalue weighted by atomic mass is 16.5. The second-order valence-corrected chi connectivity index (χ2v) is 4.57. The Labute approximate surface area is 101 Å². The zero-order valence-electron chi connectivity index (χ0n) is 10.9. The molecule has 17 heavy (non-hydrogen) atoms. The van der Waals surface area contributed by atoms with E-state index in [1.165, 1.54) is 14.2 Å². The van der Waals surface area contributed by atoms with Crippen LogP contribution in [0.25, 0.3) is 0 Å². The molecule has 0 aliphatic carbocycles. The van der Waals surface area contributed by atoms with Crippen LogP contribution < -0.4 is 9.47 Å². The van der Waals surface area contributed by atoms with Crippen molar-refractivity contribution in [3.8, 4) is 11.5 Å². The lowest BCUT2D eigenvalue weighted by Crippen LogP contribution is -2.23. The summed E-state index contributed by atoms with van der Waals surface area (Å²) in [4.78, 5) is 11.4. The maximum atomic E-state index is 11.4. The fraction of sp³-hybridized carbons (Fsp3) is 0.462. The molecule has 0 heterocycles. The summed E-state index contributed by atoms with van der Waals surface area (Å²) in [6.07, 6.45) is 0. The lowest BCUT2D eigenvalue weighted by molar-refractivity contribution is 0.0600. The highest BCUT2D eigenvalue weighted by molar-refractivity contribution is 5.90. The van der Waals surface area contributed by atoms with E-state index in [1.54, 1.807) is 18.2 Å².